The smallest absolute Gasteiger partial charge is 0.434 e. The van der Waals surface area contributed by atoms with Crippen LogP contribution in [0.1, 0.15) is 47.0 Å². The average molecular weight is 512 g/mol. The van der Waals surface area contributed by atoms with Gasteiger partial charge in [0.15, 0.2) is 0 Å². The lowest BCUT2D eigenvalue weighted by molar-refractivity contribution is 0.209. The van der Waals surface area contributed by atoms with Gasteiger partial charge >= 0.3 is 5.76 Å². The maximum atomic E-state index is 15.0. The molecule has 4 rings (SSSR count). The van der Waals surface area contributed by atoms with E-state index in [-0.39, 0.29) is 45.8 Å². The number of rotatable bonds is 5. The monoisotopic (exact) mass is 511 g/mol. The van der Waals surface area contributed by atoms with Gasteiger partial charge in [0.05, 0.1) is 6.61 Å². The highest BCUT2D eigenvalue weighted by Crippen LogP contribution is 2.43. The molecule has 1 aromatic heterocycles. The molecule has 0 spiro atoms. The minimum atomic E-state index is -4.30. The van der Waals surface area contributed by atoms with Crippen LogP contribution in [0, 0.1) is 19.7 Å². The Morgan fingerprint density at radius 2 is 2.06 bits per heavy atom. The second kappa shape index (κ2) is 9.14. The first-order valence-electron chi connectivity index (χ1n) is 10.4. The molecule has 0 bridgehead atoms. The first-order valence-corrected chi connectivity index (χ1v) is 12.3. The van der Waals surface area contributed by atoms with Gasteiger partial charge in [-0.25, -0.2) is 22.7 Å². The summed E-state index contributed by atoms with van der Waals surface area (Å²) in [5.41, 5.74) is 1.95. The fourth-order valence-electron chi connectivity index (χ4n) is 4.27. The summed E-state index contributed by atoms with van der Waals surface area (Å²) in [6.45, 7) is 4.54. The molecule has 0 fully saturated rings. The third-order valence-corrected chi connectivity index (χ3v) is 8.37. The molecule has 1 aliphatic heterocycles. The largest absolute Gasteiger partial charge is 0.491 e. The van der Waals surface area contributed by atoms with Crippen LogP contribution < -0.4 is 10.5 Å². The lowest BCUT2D eigenvalue weighted by atomic mass is 9.87. The quantitative estimate of drug-likeness (QED) is 0.538. The highest BCUT2D eigenvalue weighted by molar-refractivity contribution is 7.89. The number of fused-ring (bicyclic) bond motifs is 1. The van der Waals surface area contributed by atoms with Gasteiger partial charge < -0.3 is 14.3 Å². The van der Waals surface area contributed by atoms with Crippen molar-refractivity contribution in [1.29, 1.82) is 0 Å². The summed E-state index contributed by atoms with van der Waals surface area (Å²) in [4.78, 5) is 11.6. The van der Waals surface area contributed by atoms with Crippen LogP contribution in [0.5, 0.6) is 5.75 Å². The number of hydrogen-bond acceptors (Lipinski definition) is 7. The number of nitrogens with zero attached hydrogens (tertiary/aromatic N) is 2. The van der Waals surface area contributed by atoms with Crippen LogP contribution in [0.4, 0.5) is 4.39 Å². The average Bonchev–Trinajstić information content (AvgIpc) is 3.16. The van der Waals surface area contributed by atoms with Gasteiger partial charge in [0.25, 0.3) is 0 Å². The number of hydrogen-bond donors (Lipinski definition) is 2. The van der Waals surface area contributed by atoms with Crippen molar-refractivity contribution in [3.8, 4) is 5.75 Å². The lowest BCUT2D eigenvalue weighted by Gasteiger charge is -2.32. The highest BCUT2D eigenvalue weighted by atomic mass is 35.5. The molecule has 0 aliphatic carbocycles. The second-order valence-corrected chi connectivity index (χ2v) is 10.4. The molecule has 12 heteroatoms. The van der Waals surface area contributed by atoms with Gasteiger partial charge in [-0.1, -0.05) is 24.6 Å². The number of halogens is 2. The van der Waals surface area contributed by atoms with Crippen LogP contribution in [-0.4, -0.2) is 41.2 Å². The number of aromatic nitrogens is 2. The number of ether oxygens (including phenoxy) is 1. The van der Waals surface area contributed by atoms with E-state index < -0.39 is 40.2 Å². The molecule has 2 N–H and O–H groups in total. The molecule has 2 aromatic carbocycles. The first-order chi connectivity index (χ1) is 16.1. The van der Waals surface area contributed by atoms with Crippen molar-refractivity contribution in [1.82, 2.24) is 14.5 Å². The van der Waals surface area contributed by atoms with Crippen molar-refractivity contribution in [3.05, 3.63) is 73.8 Å². The Labute approximate surface area is 200 Å². The van der Waals surface area contributed by atoms with Crippen molar-refractivity contribution >= 4 is 21.6 Å². The molecular formula is C22H23ClFN3O6S. The number of benzene rings is 2. The molecule has 0 saturated heterocycles. The van der Waals surface area contributed by atoms with Crippen LogP contribution in [0.3, 0.4) is 0 Å². The van der Waals surface area contributed by atoms with Crippen molar-refractivity contribution in [3.63, 3.8) is 0 Å². The number of nitrogens with one attached hydrogen (secondary N) is 1. The van der Waals surface area contributed by atoms with E-state index in [1.54, 1.807) is 19.9 Å². The SMILES string of the molecule is Cc1ccc(F)c(C(C)[C@@H](c2n[nH]c(=O)o2)N2CCOc3cc(Cl)c(CO)cc3S2(=O)=O)c1C. The maximum Gasteiger partial charge on any atom is 0.434 e. The first kappa shape index (κ1) is 24.4. The fourth-order valence-corrected chi connectivity index (χ4v) is 6.29. The minimum Gasteiger partial charge on any atom is -0.491 e. The summed E-state index contributed by atoms with van der Waals surface area (Å²) >= 11 is 6.13. The molecule has 9 nitrogen and oxygen atoms in total. The predicted molar refractivity (Wildman–Crippen MR) is 121 cm³/mol. The van der Waals surface area contributed by atoms with Crippen molar-refractivity contribution in [2.75, 3.05) is 13.2 Å². The Kier molecular flexibility index (Phi) is 6.56. The number of aromatic amines is 1. The topological polar surface area (TPSA) is 126 Å². The van der Waals surface area contributed by atoms with E-state index in [9.17, 15) is 18.3 Å². The predicted octanol–water partition coefficient (Wildman–Crippen LogP) is 3.19. The number of aliphatic hydroxyl groups excluding tert-OH is 1. The highest BCUT2D eigenvalue weighted by Gasteiger charge is 2.43. The molecule has 2 atom stereocenters. The maximum absolute atomic E-state index is 15.0. The zero-order valence-electron chi connectivity index (χ0n) is 18.6. The summed E-state index contributed by atoms with van der Waals surface area (Å²) in [6.07, 6.45) is 0. The van der Waals surface area contributed by atoms with Gasteiger partial charge in [-0.05, 0) is 48.2 Å². The molecule has 3 aromatic rings. The standard InChI is InChI=1S/C22H23ClFN3O6S/c1-11-4-5-16(24)19(12(11)2)13(3)20(21-25-26-22(29)33-21)27-6-7-32-17-9-15(23)14(10-28)8-18(17)34(27,30)31/h4-5,8-9,13,20,28H,6-7,10H2,1-3H3,(H,26,29)/t13?,20-/m0/s1. The molecular weight excluding hydrogens is 489 g/mol. The van der Waals surface area contributed by atoms with Crippen LogP contribution in [0.25, 0.3) is 0 Å². The number of aryl methyl sites for hydroxylation is 1. The van der Waals surface area contributed by atoms with E-state index in [2.05, 4.69) is 10.2 Å². The van der Waals surface area contributed by atoms with Gasteiger partial charge in [-0.3, -0.25) is 0 Å². The van der Waals surface area contributed by atoms with Crippen LogP contribution in [0.2, 0.25) is 5.02 Å². The van der Waals surface area contributed by atoms with Crippen LogP contribution >= 0.6 is 11.6 Å². The summed E-state index contributed by atoms with van der Waals surface area (Å²) < 4.78 is 54.7. The molecule has 34 heavy (non-hydrogen) atoms. The van der Waals surface area contributed by atoms with E-state index in [4.69, 9.17) is 20.8 Å². The van der Waals surface area contributed by atoms with Crippen molar-refractivity contribution in [2.24, 2.45) is 0 Å². The summed E-state index contributed by atoms with van der Waals surface area (Å²) in [5.74, 6) is -2.37. The van der Waals surface area contributed by atoms with Gasteiger partial charge in [0, 0.05) is 23.6 Å². The van der Waals surface area contributed by atoms with Gasteiger partial charge in [-0.2, -0.15) is 4.31 Å². The molecule has 0 amide bonds. The van der Waals surface area contributed by atoms with Gasteiger partial charge in [0.2, 0.25) is 15.9 Å². The Bertz CT molecular complexity index is 1400. The molecule has 2 heterocycles. The number of sulfonamides is 1. The fraction of sp³-hybridized carbons (Fsp3) is 0.364. The summed E-state index contributed by atoms with van der Waals surface area (Å²) in [6, 6.07) is 4.35. The molecule has 0 saturated carbocycles. The minimum absolute atomic E-state index is 0.0255. The summed E-state index contributed by atoms with van der Waals surface area (Å²) in [5, 5.41) is 15.8. The Morgan fingerprint density at radius 3 is 2.71 bits per heavy atom. The van der Waals surface area contributed by atoms with E-state index in [1.807, 2.05) is 6.92 Å². The molecule has 1 aliphatic rings. The Morgan fingerprint density at radius 1 is 1.32 bits per heavy atom. The molecule has 1 unspecified atom stereocenters. The second-order valence-electron chi connectivity index (χ2n) is 8.10. The third kappa shape index (κ3) is 4.13. The van der Waals surface area contributed by atoms with E-state index in [0.29, 0.717) is 5.56 Å². The molecule has 0 radical (unpaired) electrons. The Hall–Kier alpha value is -2.73. The van der Waals surface area contributed by atoms with Crippen molar-refractivity contribution in [2.45, 2.75) is 44.2 Å². The van der Waals surface area contributed by atoms with Crippen molar-refractivity contribution < 1.29 is 27.1 Å². The molecule has 182 valence electrons. The van der Waals surface area contributed by atoms with Gasteiger partial charge in [-0.15, -0.1) is 5.10 Å². The normalized spacial score (nSPS) is 17.5. The zero-order valence-corrected chi connectivity index (χ0v) is 20.2. The van der Waals surface area contributed by atoms with E-state index in [0.717, 1.165) is 9.87 Å². The third-order valence-electron chi connectivity index (χ3n) is 6.12. The number of aliphatic hydroxyl groups is 1. The van der Waals surface area contributed by atoms with Crippen LogP contribution in [0.15, 0.2) is 38.4 Å². The van der Waals surface area contributed by atoms with E-state index in [1.165, 1.54) is 18.2 Å². The van der Waals surface area contributed by atoms with Crippen LogP contribution in [-0.2, 0) is 16.6 Å². The summed E-state index contributed by atoms with van der Waals surface area (Å²) in [7, 11) is -4.30. The Balaban J connectivity index is 1.93. The van der Waals surface area contributed by atoms with E-state index >= 15 is 4.39 Å². The van der Waals surface area contributed by atoms with Gasteiger partial charge in [0.1, 0.15) is 29.1 Å². The lowest BCUT2D eigenvalue weighted by Crippen LogP contribution is -2.39. The zero-order chi connectivity index (χ0) is 24.8. The number of H-pyrrole nitrogens is 1.